The smallest absolute Gasteiger partial charge is 0.321 e. The molecule has 158 valence electrons. The molecule has 0 unspecified atom stereocenters. The van der Waals surface area contributed by atoms with E-state index in [4.69, 9.17) is 0 Å². The van der Waals surface area contributed by atoms with E-state index in [2.05, 4.69) is 19.6 Å². The van der Waals surface area contributed by atoms with E-state index in [1.165, 1.54) is 30.3 Å². The lowest BCUT2D eigenvalue weighted by atomic mass is 10.2. The van der Waals surface area contributed by atoms with Crippen molar-refractivity contribution in [3.8, 4) is 0 Å². The van der Waals surface area contributed by atoms with Crippen molar-refractivity contribution in [3.05, 3.63) is 64.7 Å². The van der Waals surface area contributed by atoms with Gasteiger partial charge in [-0.3, -0.25) is 9.52 Å². The van der Waals surface area contributed by atoms with Crippen molar-refractivity contribution in [2.45, 2.75) is 24.4 Å². The summed E-state index contributed by atoms with van der Waals surface area (Å²) in [5, 5.41) is 6.42. The third-order valence-electron chi connectivity index (χ3n) is 3.94. The van der Waals surface area contributed by atoms with Gasteiger partial charge in [-0.05, 0) is 54.4 Å². The number of carbonyl (C=O) groups is 1. The van der Waals surface area contributed by atoms with E-state index in [9.17, 15) is 26.4 Å². The second kappa shape index (κ2) is 8.40. The van der Waals surface area contributed by atoms with Gasteiger partial charge < -0.3 is 5.32 Å². The number of halogens is 3. The molecule has 0 radical (unpaired) electrons. The number of carbonyl (C=O) groups excluding carboxylic acids is 1. The molecule has 0 aliphatic heterocycles. The molecule has 0 saturated carbocycles. The second-order valence-electron chi connectivity index (χ2n) is 6.07. The molecular weight excluding hydrogens is 441 g/mol. The lowest BCUT2D eigenvalue weighted by Gasteiger charge is -2.12. The molecule has 0 aliphatic rings. The molecule has 0 atom stereocenters. The number of benzene rings is 2. The number of anilines is 2. The first-order valence-electron chi connectivity index (χ1n) is 8.53. The number of rotatable bonds is 6. The Morgan fingerprint density at radius 2 is 1.80 bits per heavy atom. The van der Waals surface area contributed by atoms with E-state index in [0.717, 1.165) is 23.7 Å². The summed E-state index contributed by atoms with van der Waals surface area (Å²) < 4.78 is 69.6. The standard InChI is InChI=1S/C18H15F3N4O3S2/c1-2-15-16(29-25-23-15)17(26)22-12-6-4-8-14(10-12)30(27,28)24-13-7-3-5-11(9-13)18(19,20)21/h3-10,24H,2H2,1H3,(H,22,26). The van der Waals surface area contributed by atoms with Crippen LogP contribution >= 0.6 is 11.5 Å². The minimum absolute atomic E-state index is 0.197. The number of aromatic nitrogens is 2. The summed E-state index contributed by atoms with van der Waals surface area (Å²) in [4.78, 5) is 12.5. The van der Waals surface area contributed by atoms with E-state index in [1.54, 1.807) is 0 Å². The Kier molecular flexibility index (Phi) is 6.08. The highest BCUT2D eigenvalue weighted by molar-refractivity contribution is 7.92. The molecule has 12 heteroatoms. The minimum atomic E-state index is -4.60. The number of nitrogens with zero attached hydrogens (tertiary/aromatic N) is 2. The van der Waals surface area contributed by atoms with Crippen LogP contribution in [0.3, 0.4) is 0 Å². The predicted octanol–water partition coefficient (Wildman–Crippen LogP) is 4.17. The van der Waals surface area contributed by atoms with Crippen molar-refractivity contribution in [3.63, 3.8) is 0 Å². The van der Waals surface area contributed by atoms with Crippen molar-refractivity contribution in [1.29, 1.82) is 0 Å². The van der Waals surface area contributed by atoms with Gasteiger partial charge in [-0.15, -0.1) is 5.10 Å². The van der Waals surface area contributed by atoms with E-state index in [1.807, 2.05) is 6.92 Å². The third kappa shape index (κ3) is 4.94. The molecule has 2 N–H and O–H groups in total. The van der Waals surface area contributed by atoms with Crippen LogP contribution in [0, 0.1) is 0 Å². The molecule has 0 spiro atoms. The fourth-order valence-electron chi connectivity index (χ4n) is 2.51. The number of alkyl halides is 3. The van der Waals surface area contributed by atoms with Crippen molar-refractivity contribution in [2.24, 2.45) is 0 Å². The van der Waals surface area contributed by atoms with Gasteiger partial charge in [-0.25, -0.2) is 8.42 Å². The Morgan fingerprint density at radius 1 is 1.10 bits per heavy atom. The van der Waals surface area contributed by atoms with E-state index in [0.29, 0.717) is 23.1 Å². The van der Waals surface area contributed by atoms with Crippen molar-refractivity contribution in [2.75, 3.05) is 10.0 Å². The number of hydrogen-bond donors (Lipinski definition) is 2. The molecular formula is C18H15F3N4O3S2. The number of amides is 1. The summed E-state index contributed by atoms with van der Waals surface area (Å²) in [5.74, 6) is -0.484. The van der Waals surface area contributed by atoms with Gasteiger partial charge in [0.15, 0.2) is 0 Å². The highest BCUT2D eigenvalue weighted by atomic mass is 32.2. The first-order valence-corrected chi connectivity index (χ1v) is 10.8. The van der Waals surface area contributed by atoms with Gasteiger partial charge in [0.1, 0.15) is 4.88 Å². The molecule has 3 aromatic rings. The number of nitrogens with one attached hydrogen (secondary N) is 2. The lowest BCUT2D eigenvalue weighted by Crippen LogP contribution is -2.15. The summed E-state index contributed by atoms with van der Waals surface area (Å²) in [6.45, 7) is 1.82. The Labute approximate surface area is 174 Å². The fourth-order valence-corrected chi connectivity index (χ4v) is 4.25. The van der Waals surface area contributed by atoms with E-state index >= 15 is 0 Å². The molecule has 0 aliphatic carbocycles. The van der Waals surface area contributed by atoms with Crippen LogP contribution in [-0.4, -0.2) is 23.9 Å². The quantitative estimate of drug-likeness (QED) is 0.580. The van der Waals surface area contributed by atoms with Crippen molar-refractivity contribution < 1.29 is 26.4 Å². The molecule has 30 heavy (non-hydrogen) atoms. The van der Waals surface area contributed by atoms with Gasteiger partial charge in [0.2, 0.25) is 0 Å². The largest absolute Gasteiger partial charge is 0.416 e. The maximum Gasteiger partial charge on any atom is 0.416 e. The van der Waals surface area contributed by atoms with Crippen molar-refractivity contribution in [1.82, 2.24) is 9.59 Å². The van der Waals surface area contributed by atoms with Crippen LogP contribution in [0.25, 0.3) is 0 Å². The van der Waals surface area contributed by atoms with Crippen molar-refractivity contribution >= 4 is 38.8 Å². The fraction of sp³-hybridized carbons (Fsp3) is 0.167. The first kappa shape index (κ1) is 21.7. The molecule has 7 nitrogen and oxygen atoms in total. The molecule has 1 aromatic heterocycles. The van der Waals surface area contributed by atoms with Crippen LogP contribution in [0.1, 0.15) is 27.9 Å². The predicted molar refractivity (Wildman–Crippen MR) is 106 cm³/mol. The van der Waals surface area contributed by atoms with E-state index < -0.39 is 27.7 Å². The molecule has 1 heterocycles. The summed E-state index contributed by atoms with van der Waals surface area (Å²) >= 11 is 0.921. The SMILES string of the molecule is CCc1nnsc1C(=O)Nc1cccc(S(=O)(=O)Nc2cccc(C(F)(F)F)c2)c1. The van der Waals surface area contributed by atoms with Crippen LogP contribution in [0.2, 0.25) is 0 Å². The van der Waals surface area contributed by atoms with Gasteiger partial charge in [-0.2, -0.15) is 13.2 Å². The highest BCUT2D eigenvalue weighted by Crippen LogP contribution is 2.31. The van der Waals surface area contributed by atoms with Crippen LogP contribution < -0.4 is 10.0 Å². The van der Waals surface area contributed by atoms with Gasteiger partial charge in [-0.1, -0.05) is 23.5 Å². The zero-order chi connectivity index (χ0) is 21.9. The van der Waals surface area contributed by atoms with Crippen LogP contribution in [0.5, 0.6) is 0 Å². The lowest BCUT2D eigenvalue weighted by molar-refractivity contribution is -0.137. The Bertz CT molecular complexity index is 1180. The molecule has 0 saturated heterocycles. The minimum Gasteiger partial charge on any atom is -0.321 e. The van der Waals surface area contributed by atoms with Gasteiger partial charge in [0.25, 0.3) is 15.9 Å². The number of aryl methyl sites for hydroxylation is 1. The highest BCUT2D eigenvalue weighted by Gasteiger charge is 2.30. The zero-order valence-corrected chi connectivity index (χ0v) is 17.0. The Hall–Kier alpha value is -2.99. The average molecular weight is 456 g/mol. The van der Waals surface area contributed by atoms with Gasteiger partial charge in [0, 0.05) is 11.4 Å². The summed E-state index contributed by atoms with van der Waals surface area (Å²) in [5.41, 5.74) is -0.494. The normalized spacial score (nSPS) is 11.9. The van der Waals surface area contributed by atoms with Gasteiger partial charge in [0.05, 0.1) is 16.2 Å². The van der Waals surface area contributed by atoms with E-state index in [-0.39, 0.29) is 16.3 Å². The molecule has 2 aromatic carbocycles. The molecule has 0 fully saturated rings. The summed E-state index contributed by atoms with van der Waals surface area (Å²) in [6.07, 6.45) is -4.09. The summed E-state index contributed by atoms with van der Waals surface area (Å²) in [7, 11) is -4.19. The Morgan fingerprint density at radius 3 is 2.50 bits per heavy atom. The number of sulfonamides is 1. The average Bonchev–Trinajstić information content (AvgIpc) is 3.16. The zero-order valence-electron chi connectivity index (χ0n) is 15.4. The van der Waals surface area contributed by atoms with Crippen LogP contribution in [0.15, 0.2) is 53.4 Å². The third-order valence-corrected chi connectivity index (χ3v) is 6.09. The maximum atomic E-state index is 12.8. The Balaban J connectivity index is 1.82. The topological polar surface area (TPSA) is 101 Å². The second-order valence-corrected chi connectivity index (χ2v) is 8.50. The van der Waals surface area contributed by atoms with Gasteiger partial charge >= 0.3 is 6.18 Å². The monoisotopic (exact) mass is 456 g/mol. The van der Waals surface area contributed by atoms with Crippen LogP contribution in [-0.2, 0) is 22.6 Å². The molecule has 3 rings (SSSR count). The maximum absolute atomic E-state index is 12.8. The van der Waals surface area contributed by atoms with Crippen LogP contribution in [0.4, 0.5) is 24.5 Å². The molecule has 1 amide bonds. The summed E-state index contributed by atoms with van der Waals surface area (Å²) in [6, 6.07) is 9.21. The first-order chi connectivity index (χ1) is 14.1. The molecule has 0 bridgehead atoms. The number of hydrogen-bond acceptors (Lipinski definition) is 6.